The van der Waals surface area contributed by atoms with Crippen LogP contribution in [0.2, 0.25) is 0 Å². The van der Waals surface area contributed by atoms with E-state index in [-0.39, 0.29) is 12.0 Å². The van der Waals surface area contributed by atoms with Crippen LogP contribution in [0.4, 0.5) is 0 Å². The molecule has 29 heavy (non-hydrogen) atoms. The Balaban J connectivity index is 1.86. The molecule has 0 aliphatic heterocycles. The molecule has 8 nitrogen and oxygen atoms in total. The van der Waals surface area contributed by atoms with Gasteiger partial charge in [0.2, 0.25) is 5.75 Å². The number of aliphatic carboxylic acids is 1. The minimum Gasteiger partial charge on any atom is -0.548 e. The summed E-state index contributed by atoms with van der Waals surface area (Å²) in [6.07, 6.45) is 1.80. The number of benzene rings is 2. The number of carboxylic acids is 1. The molecule has 152 valence electrons. The summed E-state index contributed by atoms with van der Waals surface area (Å²) in [6, 6.07) is 9.20. The van der Waals surface area contributed by atoms with Gasteiger partial charge >= 0.3 is 0 Å². The SMILES string of the molecule is COc1cc(C(=O)N[C@H](Cc2c[nH]c3ccccc23)C(=O)[O-])cc(OC)c1OC. The number of nitrogens with one attached hydrogen (secondary N) is 2. The van der Waals surface area contributed by atoms with Gasteiger partial charge in [-0.2, -0.15) is 0 Å². The van der Waals surface area contributed by atoms with Crippen LogP contribution in [0.1, 0.15) is 15.9 Å². The van der Waals surface area contributed by atoms with Gasteiger partial charge in [0.15, 0.2) is 11.5 Å². The zero-order valence-electron chi connectivity index (χ0n) is 16.3. The highest BCUT2D eigenvalue weighted by Crippen LogP contribution is 2.38. The second kappa shape index (κ2) is 8.55. The number of carbonyl (C=O) groups is 2. The van der Waals surface area contributed by atoms with Crippen molar-refractivity contribution in [3.63, 3.8) is 0 Å². The van der Waals surface area contributed by atoms with Crippen molar-refractivity contribution in [2.24, 2.45) is 0 Å². The summed E-state index contributed by atoms with van der Waals surface area (Å²) in [5, 5.41) is 15.1. The third-order valence-corrected chi connectivity index (χ3v) is 4.62. The first-order chi connectivity index (χ1) is 14.0. The lowest BCUT2D eigenvalue weighted by atomic mass is 10.0. The van der Waals surface area contributed by atoms with Gasteiger partial charge in [0, 0.05) is 29.1 Å². The fraction of sp³-hybridized carbons (Fsp3) is 0.238. The van der Waals surface area contributed by atoms with Gasteiger partial charge in [-0.3, -0.25) is 4.79 Å². The first-order valence-electron chi connectivity index (χ1n) is 8.85. The molecule has 0 spiro atoms. The number of H-pyrrole nitrogens is 1. The van der Waals surface area contributed by atoms with Crippen LogP contribution in [-0.2, 0) is 11.2 Å². The van der Waals surface area contributed by atoms with E-state index in [2.05, 4.69) is 10.3 Å². The Morgan fingerprint density at radius 1 is 1.07 bits per heavy atom. The maximum atomic E-state index is 12.7. The number of aromatic amines is 1. The number of hydrogen-bond acceptors (Lipinski definition) is 6. The molecule has 0 unspecified atom stereocenters. The van der Waals surface area contributed by atoms with Gasteiger partial charge in [0.1, 0.15) is 0 Å². The lowest BCUT2D eigenvalue weighted by molar-refractivity contribution is -0.308. The molecule has 8 heteroatoms. The van der Waals surface area contributed by atoms with Gasteiger partial charge in [-0.1, -0.05) is 18.2 Å². The number of aromatic nitrogens is 1. The quantitative estimate of drug-likeness (QED) is 0.592. The normalized spacial score (nSPS) is 11.7. The van der Waals surface area contributed by atoms with Crippen molar-refractivity contribution in [2.45, 2.75) is 12.5 Å². The third kappa shape index (κ3) is 4.11. The van der Waals surface area contributed by atoms with E-state index in [0.717, 1.165) is 16.5 Å². The highest BCUT2D eigenvalue weighted by Gasteiger charge is 2.21. The molecular weight excluding hydrogens is 376 g/mol. The van der Waals surface area contributed by atoms with Crippen LogP contribution in [-0.4, -0.2) is 44.2 Å². The fourth-order valence-corrected chi connectivity index (χ4v) is 3.17. The highest BCUT2D eigenvalue weighted by atomic mass is 16.5. The Labute approximate surface area is 167 Å². The Kier molecular flexibility index (Phi) is 5.92. The molecule has 0 bridgehead atoms. The van der Waals surface area contributed by atoms with Gasteiger partial charge in [-0.05, 0) is 23.8 Å². The van der Waals surface area contributed by atoms with E-state index in [9.17, 15) is 14.7 Å². The monoisotopic (exact) mass is 397 g/mol. The van der Waals surface area contributed by atoms with Crippen LogP contribution >= 0.6 is 0 Å². The molecule has 1 atom stereocenters. The lowest BCUT2D eigenvalue weighted by Gasteiger charge is -2.20. The van der Waals surface area contributed by atoms with Crippen molar-refractivity contribution in [2.75, 3.05) is 21.3 Å². The minimum absolute atomic E-state index is 0.0719. The van der Waals surface area contributed by atoms with Crippen LogP contribution in [0.15, 0.2) is 42.6 Å². The molecule has 1 heterocycles. The molecule has 0 aliphatic rings. The van der Waals surface area contributed by atoms with E-state index in [1.54, 1.807) is 6.20 Å². The zero-order chi connectivity index (χ0) is 21.0. The molecule has 3 rings (SSSR count). The van der Waals surface area contributed by atoms with Gasteiger partial charge in [-0.25, -0.2) is 0 Å². The van der Waals surface area contributed by atoms with Gasteiger partial charge in [0.25, 0.3) is 5.91 Å². The Morgan fingerprint density at radius 2 is 1.72 bits per heavy atom. The molecule has 0 saturated heterocycles. The molecule has 0 aliphatic carbocycles. The average Bonchev–Trinajstić information content (AvgIpc) is 3.14. The fourth-order valence-electron chi connectivity index (χ4n) is 3.17. The number of para-hydroxylation sites is 1. The number of carboxylic acid groups (broad SMARTS) is 1. The van der Waals surface area contributed by atoms with Crippen molar-refractivity contribution in [3.05, 3.63) is 53.7 Å². The first kappa shape index (κ1) is 20.1. The largest absolute Gasteiger partial charge is 0.548 e. The van der Waals surface area contributed by atoms with Gasteiger partial charge in [0.05, 0.1) is 33.3 Å². The number of hydrogen-bond donors (Lipinski definition) is 2. The molecule has 0 radical (unpaired) electrons. The van der Waals surface area contributed by atoms with Crippen molar-refractivity contribution in [3.8, 4) is 17.2 Å². The Hall–Kier alpha value is -3.68. The molecule has 2 N–H and O–H groups in total. The Morgan fingerprint density at radius 3 is 2.31 bits per heavy atom. The second-order valence-electron chi connectivity index (χ2n) is 6.32. The summed E-state index contributed by atoms with van der Waals surface area (Å²) in [5.74, 6) is -1.06. The molecule has 2 aromatic carbocycles. The predicted octanol–water partition coefficient (Wildman–Crippen LogP) is 1.28. The maximum absolute atomic E-state index is 12.7. The number of ether oxygens (including phenoxy) is 3. The number of amides is 1. The van der Waals surface area contributed by atoms with Crippen molar-refractivity contribution >= 4 is 22.8 Å². The summed E-state index contributed by atoms with van der Waals surface area (Å²) < 4.78 is 15.7. The number of carbonyl (C=O) groups excluding carboxylic acids is 2. The molecule has 1 amide bonds. The van der Waals surface area contributed by atoms with Crippen molar-refractivity contribution in [1.82, 2.24) is 10.3 Å². The summed E-state index contributed by atoms with van der Waals surface area (Å²) in [4.78, 5) is 27.5. The number of fused-ring (bicyclic) bond motifs is 1. The average molecular weight is 397 g/mol. The first-order valence-corrected chi connectivity index (χ1v) is 8.85. The molecular formula is C21H21N2O6-. The second-order valence-corrected chi connectivity index (χ2v) is 6.32. The molecule has 0 saturated carbocycles. The van der Waals surface area contributed by atoms with Gasteiger partial charge < -0.3 is 34.4 Å². The van der Waals surface area contributed by atoms with Crippen LogP contribution in [0.5, 0.6) is 17.2 Å². The van der Waals surface area contributed by atoms with E-state index in [1.807, 2.05) is 24.3 Å². The summed E-state index contributed by atoms with van der Waals surface area (Å²) in [5.41, 5.74) is 1.82. The van der Waals surface area contributed by atoms with E-state index < -0.39 is 17.9 Å². The van der Waals surface area contributed by atoms with E-state index in [4.69, 9.17) is 14.2 Å². The standard InChI is InChI=1S/C21H22N2O6/c1-27-17-9-12(10-18(28-2)19(17)29-3)20(24)23-16(21(25)26)8-13-11-22-15-7-5-4-6-14(13)15/h4-7,9-11,16,22H,8H2,1-3H3,(H,23,24)(H,25,26)/p-1/t16-/m1/s1. The highest BCUT2D eigenvalue weighted by molar-refractivity contribution is 5.98. The number of rotatable bonds is 8. The smallest absolute Gasteiger partial charge is 0.252 e. The minimum atomic E-state index is -1.38. The molecule has 0 fully saturated rings. The number of methoxy groups -OCH3 is 3. The Bertz CT molecular complexity index is 1020. The zero-order valence-corrected chi connectivity index (χ0v) is 16.3. The summed E-state index contributed by atoms with van der Waals surface area (Å²) in [7, 11) is 4.31. The summed E-state index contributed by atoms with van der Waals surface area (Å²) in [6.45, 7) is 0. The van der Waals surface area contributed by atoms with E-state index in [1.165, 1.54) is 33.5 Å². The van der Waals surface area contributed by atoms with Crippen molar-refractivity contribution in [1.29, 1.82) is 0 Å². The molecule has 1 aromatic heterocycles. The van der Waals surface area contributed by atoms with E-state index in [0.29, 0.717) is 17.2 Å². The third-order valence-electron chi connectivity index (χ3n) is 4.62. The predicted molar refractivity (Wildman–Crippen MR) is 104 cm³/mol. The van der Waals surface area contributed by atoms with Crippen LogP contribution in [0, 0.1) is 0 Å². The van der Waals surface area contributed by atoms with E-state index >= 15 is 0 Å². The van der Waals surface area contributed by atoms with Gasteiger partial charge in [-0.15, -0.1) is 0 Å². The molecule has 3 aromatic rings. The van der Waals surface area contributed by atoms with Crippen LogP contribution in [0.25, 0.3) is 10.9 Å². The van der Waals surface area contributed by atoms with Crippen LogP contribution < -0.4 is 24.6 Å². The topological polar surface area (TPSA) is 113 Å². The van der Waals surface area contributed by atoms with Crippen molar-refractivity contribution < 1.29 is 28.9 Å². The summed E-state index contributed by atoms with van der Waals surface area (Å²) >= 11 is 0. The maximum Gasteiger partial charge on any atom is 0.252 e. The lowest BCUT2D eigenvalue weighted by Crippen LogP contribution is -2.49. The van der Waals surface area contributed by atoms with Crippen LogP contribution in [0.3, 0.4) is 0 Å².